The van der Waals surface area contributed by atoms with Gasteiger partial charge < -0.3 is 5.32 Å². The molecule has 1 unspecified atom stereocenters. The van der Waals surface area contributed by atoms with Crippen LogP contribution in [0.3, 0.4) is 0 Å². The highest BCUT2D eigenvalue weighted by molar-refractivity contribution is 7.89. The zero-order chi connectivity index (χ0) is 13.7. The summed E-state index contributed by atoms with van der Waals surface area (Å²) in [6.07, 6.45) is 3.16. The summed E-state index contributed by atoms with van der Waals surface area (Å²) >= 11 is 5.86. The number of nitrogens with one attached hydrogen (secondary N) is 2. The molecule has 4 nitrogen and oxygen atoms in total. The van der Waals surface area contributed by atoms with Gasteiger partial charge >= 0.3 is 0 Å². The van der Waals surface area contributed by atoms with Crippen molar-refractivity contribution in [1.29, 1.82) is 0 Å². The lowest BCUT2D eigenvalue weighted by molar-refractivity contribution is 0.422. The van der Waals surface area contributed by atoms with Crippen LogP contribution in [-0.2, 0) is 16.6 Å². The molecule has 0 aliphatic carbocycles. The summed E-state index contributed by atoms with van der Waals surface area (Å²) in [5.74, 6) is 0.146. The number of sulfonamides is 1. The molecule has 6 heteroatoms. The van der Waals surface area contributed by atoms with Gasteiger partial charge in [-0.15, -0.1) is 0 Å². The van der Waals surface area contributed by atoms with Gasteiger partial charge in [0.2, 0.25) is 10.0 Å². The second-order valence-electron chi connectivity index (χ2n) is 4.88. The van der Waals surface area contributed by atoms with Gasteiger partial charge in [-0.2, -0.15) is 0 Å². The predicted octanol–water partition coefficient (Wildman–Crippen LogP) is 1.90. The Morgan fingerprint density at radius 2 is 2.21 bits per heavy atom. The van der Waals surface area contributed by atoms with Gasteiger partial charge in [-0.25, -0.2) is 13.1 Å². The van der Waals surface area contributed by atoms with E-state index in [9.17, 15) is 8.42 Å². The summed E-state index contributed by atoms with van der Waals surface area (Å²) in [5.41, 5.74) is 0.868. The van der Waals surface area contributed by atoms with E-state index in [1.807, 2.05) is 12.1 Å². The normalized spacial score (nSPS) is 20.4. The maximum Gasteiger partial charge on any atom is 0.213 e. The van der Waals surface area contributed by atoms with E-state index >= 15 is 0 Å². The number of halogens is 1. The third-order valence-corrected chi connectivity index (χ3v) is 4.88. The highest BCUT2D eigenvalue weighted by Gasteiger charge is 2.20. The van der Waals surface area contributed by atoms with Crippen LogP contribution in [0.1, 0.15) is 24.8 Å². The number of piperidine rings is 1. The Balaban J connectivity index is 1.86. The molecule has 1 aliphatic heterocycles. The SMILES string of the molecule is O=S(=O)(CC1CCCCN1)NCc1cccc(Cl)c1. The molecule has 1 fully saturated rings. The van der Waals surface area contributed by atoms with Crippen LogP contribution in [0.2, 0.25) is 5.02 Å². The molecular weight excluding hydrogens is 284 g/mol. The van der Waals surface area contributed by atoms with E-state index < -0.39 is 10.0 Å². The molecule has 2 N–H and O–H groups in total. The topological polar surface area (TPSA) is 58.2 Å². The maximum atomic E-state index is 12.0. The second kappa shape index (κ2) is 6.70. The number of rotatable bonds is 5. The Morgan fingerprint density at radius 1 is 1.37 bits per heavy atom. The first-order valence-corrected chi connectivity index (χ1v) is 8.53. The fourth-order valence-electron chi connectivity index (χ4n) is 2.23. The molecule has 0 radical (unpaired) electrons. The minimum Gasteiger partial charge on any atom is -0.313 e. The van der Waals surface area contributed by atoms with Crippen LogP contribution in [0.4, 0.5) is 0 Å². The molecule has 0 amide bonds. The van der Waals surface area contributed by atoms with Crippen molar-refractivity contribution < 1.29 is 8.42 Å². The summed E-state index contributed by atoms with van der Waals surface area (Å²) in [4.78, 5) is 0. The van der Waals surface area contributed by atoms with Gasteiger partial charge in [-0.3, -0.25) is 0 Å². The highest BCUT2D eigenvalue weighted by atomic mass is 35.5. The second-order valence-corrected chi connectivity index (χ2v) is 7.17. The first kappa shape index (κ1) is 14.8. The van der Waals surface area contributed by atoms with E-state index in [1.165, 1.54) is 0 Å². The van der Waals surface area contributed by atoms with Crippen molar-refractivity contribution in [2.45, 2.75) is 31.8 Å². The standard InChI is InChI=1S/C13H19ClN2O2S/c14-12-5-3-4-11(8-12)9-16-19(17,18)10-13-6-1-2-7-15-13/h3-5,8,13,15-16H,1-2,6-7,9-10H2. The van der Waals surface area contributed by atoms with Gasteiger partial charge in [-0.1, -0.05) is 30.2 Å². The molecule has 2 rings (SSSR count). The number of benzene rings is 1. The van der Waals surface area contributed by atoms with Crippen molar-refractivity contribution in [3.05, 3.63) is 34.9 Å². The highest BCUT2D eigenvalue weighted by Crippen LogP contribution is 2.12. The zero-order valence-electron chi connectivity index (χ0n) is 10.7. The molecule has 106 valence electrons. The van der Waals surface area contributed by atoms with Crippen LogP contribution >= 0.6 is 11.6 Å². The summed E-state index contributed by atoms with van der Waals surface area (Å²) in [6.45, 7) is 1.20. The number of hydrogen-bond acceptors (Lipinski definition) is 3. The van der Waals surface area contributed by atoms with Crippen molar-refractivity contribution in [2.24, 2.45) is 0 Å². The minimum absolute atomic E-state index is 0.0746. The van der Waals surface area contributed by atoms with Crippen molar-refractivity contribution >= 4 is 21.6 Å². The van der Waals surface area contributed by atoms with Gasteiger partial charge in [0, 0.05) is 17.6 Å². The van der Waals surface area contributed by atoms with Crippen LogP contribution in [0.25, 0.3) is 0 Å². The summed E-state index contributed by atoms with van der Waals surface area (Å²) < 4.78 is 26.6. The van der Waals surface area contributed by atoms with E-state index in [2.05, 4.69) is 10.0 Å². The van der Waals surface area contributed by atoms with Crippen LogP contribution in [-0.4, -0.2) is 26.8 Å². The first-order valence-electron chi connectivity index (χ1n) is 6.50. The van der Waals surface area contributed by atoms with Gasteiger partial charge in [0.25, 0.3) is 0 Å². The molecule has 1 aromatic carbocycles. The molecule has 0 saturated carbocycles. The third-order valence-electron chi connectivity index (χ3n) is 3.22. The van der Waals surface area contributed by atoms with E-state index in [-0.39, 0.29) is 18.3 Å². The smallest absolute Gasteiger partial charge is 0.213 e. The lowest BCUT2D eigenvalue weighted by Gasteiger charge is -2.23. The van der Waals surface area contributed by atoms with E-state index in [0.717, 1.165) is 31.4 Å². The third kappa shape index (κ3) is 5.10. The van der Waals surface area contributed by atoms with Crippen molar-refractivity contribution in [2.75, 3.05) is 12.3 Å². The lowest BCUT2D eigenvalue weighted by atomic mass is 10.1. The van der Waals surface area contributed by atoms with E-state index in [4.69, 9.17) is 11.6 Å². The first-order chi connectivity index (χ1) is 9.05. The molecule has 1 heterocycles. The maximum absolute atomic E-state index is 12.0. The molecule has 1 aliphatic rings. The molecule has 1 aromatic rings. The Kier molecular flexibility index (Phi) is 5.21. The molecular formula is C13H19ClN2O2S. The van der Waals surface area contributed by atoms with Gasteiger partial charge in [0.1, 0.15) is 0 Å². The Labute approximate surface area is 119 Å². The molecule has 0 aromatic heterocycles. The zero-order valence-corrected chi connectivity index (χ0v) is 12.3. The molecule has 1 saturated heterocycles. The van der Waals surface area contributed by atoms with Crippen LogP contribution in [0.15, 0.2) is 24.3 Å². The Hall–Kier alpha value is -0.620. The quantitative estimate of drug-likeness (QED) is 0.873. The van der Waals surface area contributed by atoms with Crippen LogP contribution in [0, 0.1) is 0 Å². The Bertz CT molecular complexity index is 513. The largest absolute Gasteiger partial charge is 0.313 e. The van der Waals surface area contributed by atoms with E-state index in [1.54, 1.807) is 12.1 Å². The Morgan fingerprint density at radius 3 is 2.89 bits per heavy atom. The van der Waals surface area contributed by atoms with Gasteiger partial charge in [-0.05, 0) is 37.1 Å². The molecule has 19 heavy (non-hydrogen) atoms. The summed E-state index contributed by atoms with van der Waals surface area (Å²) in [7, 11) is -3.25. The lowest BCUT2D eigenvalue weighted by Crippen LogP contribution is -2.42. The van der Waals surface area contributed by atoms with Crippen molar-refractivity contribution in [1.82, 2.24) is 10.0 Å². The summed E-state index contributed by atoms with van der Waals surface area (Å²) in [6, 6.07) is 7.28. The molecule has 0 bridgehead atoms. The van der Waals surface area contributed by atoms with Crippen molar-refractivity contribution in [3.63, 3.8) is 0 Å². The van der Waals surface area contributed by atoms with Gasteiger partial charge in [0.15, 0.2) is 0 Å². The average Bonchev–Trinajstić information content (AvgIpc) is 2.37. The minimum atomic E-state index is -3.25. The molecule has 1 atom stereocenters. The van der Waals surface area contributed by atoms with E-state index in [0.29, 0.717) is 5.02 Å². The van der Waals surface area contributed by atoms with Crippen LogP contribution in [0.5, 0.6) is 0 Å². The fourth-order valence-corrected chi connectivity index (χ4v) is 3.76. The molecule has 0 spiro atoms. The summed E-state index contributed by atoms with van der Waals surface area (Å²) in [5, 5.41) is 3.86. The number of hydrogen-bond donors (Lipinski definition) is 2. The van der Waals surface area contributed by atoms with Crippen LogP contribution < -0.4 is 10.0 Å². The van der Waals surface area contributed by atoms with Crippen molar-refractivity contribution in [3.8, 4) is 0 Å². The van der Waals surface area contributed by atoms with Gasteiger partial charge in [0.05, 0.1) is 5.75 Å². The predicted molar refractivity (Wildman–Crippen MR) is 77.7 cm³/mol. The average molecular weight is 303 g/mol. The fraction of sp³-hybridized carbons (Fsp3) is 0.538. The monoisotopic (exact) mass is 302 g/mol.